The summed E-state index contributed by atoms with van der Waals surface area (Å²) >= 11 is 0. The van der Waals surface area contributed by atoms with Crippen LogP contribution >= 0.6 is 0 Å². The van der Waals surface area contributed by atoms with E-state index in [2.05, 4.69) is 199 Å². The first-order valence-electron chi connectivity index (χ1n) is 21.1. The molecule has 4 heteroatoms. The molecular formula is C58H38N4. The zero-order chi connectivity index (χ0) is 41.0. The Hall–Kier alpha value is -8.21. The van der Waals surface area contributed by atoms with Crippen LogP contribution in [0.5, 0.6) is 0 Å². The standard InChI is InChI=1S/C58H38N4/c1-7-19-39(20-8-1)43-31-34-53-50(37-43)58(46-27-15-5-16-28-46,47-29-17-6-18-30-47)51-38-45(40-21-9-2-10-22-40)36-49-48-35-44(32-33-52(48)62(53)54(49)51)57-60-55(41-23-11-3-12-24-41)59-56(61-57)42-25-13-4-14-26-42/h1-38H. The summed E-state index contributed by atoms with van der Waals surface area (Å²) in [6, 6.07) is 82.7. The molecular weight excluding hydrogens is 753 g/mol. The Morgan fingerprint density at radius 3 is 1.26 bits per heavy atom. The summed E-state index contributed by atoms with van der Waals surface area (Å²) in [4.78, 5) is 15.3. The number of aromatic nitrogens is 4. The third-order valence-corrected chi connectivity index (χ3v) is 12.5. The highest BCUT2D eigenvalue weighted by Crippen LogP contribution is 2.56. The van der Waals surface area contributed by atoms with Crippen molar-refractivity contribution in [3.63, 3.8) is 0 Å². The summed E-state index contributed by atoms with van der Waals surface area (Å²) in [5.41, 5.74) is 15.2. The molecule has 0 spiro atoms. The van der Waals surface area contributed by atoms with Gasteiger partial charge in [-0.25, -0.2) is 15.0 Å². The fourth-order valence-electron chi connectivity index (χ4n) is 9.71. The van der Waals surface area contributed by atoms with E-state index < -0.39 is 5.41 Å². The molecule has 0 N–H and O–H groups in total. The van der Waals surface area contributed by atoms with Crippen molar-refractivity contribution >= 4 is 21.8 Å². The average molecular weight is 791 g/mol. The molecule has 3 heterocycles. The SMILES string of the molecule is c1ccc(-c2ccc3c(c2)C(c2ccccc2)(c2ccccc2)c2cc(-c4ccccc4)cc4c5cc(-c6nc(-c7ccccc7)nc(-c7ccccc7)n6)ccc5n-3c24)cc1. The summed E-state index contributed by atoms with van der Waals surface area (Å²) in [5, 5.41) is 2.31. The Kier molecular flexibility index (Phi) is 8.36. The molecule has 0 saturated heterocycles. The predicted octanol–water partition coefficient (Wildman–Crippen LogP) is 14.0. The third kappa shape index (κ3) is 5.65. The number of hydrogen-bond acceptors (Lipinski definition) is 3. The van der Waals surface area contributed by atoms with Crippen molar-refractivity contribution in [3.8, 4) is 62.1 Å². The van der Waals surface area contributed by atoms with Crippen LogP contribution in [0, 0.1) is 0 Å². The van der Waals surface area contributed by atoms with E-state index in [1.807, 2.05) is 36.4 Å². The van der Waals surface area contributed by atoms with Crippen LogP contribution in [-0.4, -0.2) is 19.5 Å². The molecule has 9 aromatic carbocycles. The van der Waals surface area contributed by atoms with Gasteiger partial charge in [-0.05, 0) is 87.0 Å². The number of benzene rings is 9. The van der Waals surface area contributed by atoms with Crippen molar-refractivity contribution in [1.82, 2.24) is 19.5 Å². The molecule has 0 amide bonds. The van der Waals surface area contributed by atoms with Crippen LogP contribution in [0.15, 0.2) is 231 Å². The Labute approximate surface area is 360 Å². The van der Waals surface area contributed by atoms with E-state index in [0.29, 0.717) is 17.5 Å². The van der Waals surface area contributed by atoms with Crippen molar-refractivity contribution in [2.24, 2.45) is 0 Å². The van der Waals surface area contributed by atoms with Crippen LogP contribution in [0.1, 0.15) is 22.3 Å². The van der Waals surface area contributed by atoms with Gasteiger partial charge in [0, 0.05) is 27.5 Å². The molecule has 1 aliphatic rings. The van der Waals surface area contributed by atoms with Crippen molar-refractivity contribution in [2.45, 2.75) is 5.41 Å². The topological polar surface area (TPSA) is 43.6 Å². The maximum Gasteiger partial charge on any atom is 0.164 e. The zero-order valence-electron chi connectivity index (χ0n) is 33.7. The minimum absolute atomic E-state index is 0.630. The average Bonchev–Trinajstić information content (AvgIpc) is 3.69. The number of fused-ring (bicyclic) bond motifs is 5. The molecule has 0 atom stereocenters. The molecule has 0 saturated carbocycles. The van der Waals surface area contributed by atoms with Gasteiger partial charge in [-0.2, -0.15) is 0 Å². The van der Waals surface area contributed by atoms with Crippen LogP contribution < -0.4 is 0 Å². The molecule has 12 rings (SSSR count). The monoisotopic (exact) mass is 790 g/mol. The molecule has 0 bridgehead atoms. The van der Waals surface area contributed by atoms with Gasteiger partial charge >= 0.3 is 0 Å². The van der Waals surface area contributed by atoms with Gasteiger partial charge in [0.25, 0.3) is 0 Å². The fraction of sp³-hybridized carbons (Fsp3) is 0.0172. The van der Waals surface area contributed by atoms with Gasteiger partial charge in [0.05, 0.1) is 22.1 Å². The minimum Gasteiger partial charge on any atom is -0.309 e. The Bertz CT molecular complexity index is 3320. The summed E-state index contributed by atoms with van der Waals surface area (Å²) in [6.07, 6.45) is 0. The zero-order valence-corrected chi connectivity index (χ0v) is 33.7. The van der Waals surface area contributed by atoms with Gasteiger partial charge in [0.15, 0.2) is 17.5 Å². The molecule has 0 fully saturated rings. The quantitative estimate of drug-likeness (QED) is 0.161. The molecule has 0 aliphatic carbocycles. The number of nitrogens with zero attached hydrogens (tertiary/aromatic N) is 4. The lowest BCUT2D eigenvalue weighted by Crippen LogP contribution is -2.35. The van der Waals surface area contributed by atoms with Crippen molar-refractivity contribution in [3.05, 3.63) is 253 Å². The molecule has 62 heavy (non-hydrogen) atoms. The van der Waals surface area contributed by atoms with Crippen molar-refractivity contribution < 1.29 is 0 Å². The lowest BCUT2D eigenvalue weighted by Gasteiger charge is -2.42. The third-order valence-electron chi connectivity index (χ3n) is 12.5. The molecule has 290 valence electrons. The van der Waals surface area contributed by atoms with Crippen LogP contribution in [0.25, 0.3) is 83.9 Å². The Balaban J connectivity index is 1.21. The van der Waals surface area contributed by atoms with Crippen LogP contribution in [0.2, 0.25) is 0 Å². The largest absolute Gasteiger partial charge is 0.309 e. The maximum atomic E-state index is 5.16. The molecule has 0 radical (unpaired) electrons. The van der Waals surface area contributed by atoms with Gasteiger partial charge < -0.3 is 4.57 Å². The molecule has 0 unspecified atom stereocenters. The minimum atomic E-state index is -0.664. The van der Waals surface area contributed by atoms with Gasteiger partial charge in [-0.15, -0.1) is 0 Å². The molecule has 4 nitrogen and oxygen atoms in total. The lowest BCUT2D eigenvalue weighted by molar-refractivity contribution is 0.728. The van der Waals surface area contributed by atoms with E-state index in [9.17, 15) is 0 Å². The first-order valence-corrected chi connectivity index (χ1v) is 21.1. The maximum absolute atomic E-state index is 5.16. The highest BCUT2D eigenvalue weighted by atomic mass is 15.0. The number of rotatable bonds is 7. The fourth-order valence-corrected chi connectivity index (χ4v) is 9.71. The highest BCUT2D eigenvalue weighted by Gasteiger charge is 2.46. The summed E-state index contributed by atoms with van der Waals surface area (Å²) < 4.78 is 2.50. The van der Waals surface area contributed by atoms with E-state index in [0.717, 1.165) is 38.8 Å². The Morgan fingerprint density at radius 1 is 0.306 bits per heavy atom. The highest BCUT2D eigenvalue weighted by molar-refractivity contribution is 6.14. The van der Waals surface area contributed by atoms with Gasteiger partial charge in [-0.1, -0.05) is 188 Å². The normalized spacial score (nSPS) is 12.6. The second-order valence-electron chi connectivity index (χ2n) is 16.0. The molecule has 2 aromatic heterocycles. The smallest absolute Gasteiger partial charge is 0.164 e. The van der Waals surface area contributed by atoms with E-state index in [-0.39, 0.29) is 0 Å². The van der Waals surface area contributed by atoms with Gasteiger partial charge in [0.2, 0.25) is 0 Å². The lowest BCUT2D eigenvalue weighted by atomic mass is 9.62. The second kappa shape index (κ2) is 14.5. The summed E-state index contributed by atoms with van der Waals surface area (Å²) in [6.45, 7) is 0. The summed E-state index contributed by atoms with van der Waals surface area (Å²) in [5.74, 6) is 1.91. The molecule has 11 aromatic rings. The van der Waals surface area contributed by atoms with Crippen LogP contribution in [-0.2, 0) is 5.41 Å². The first-order chi connectivity index (χ1) is 30.7. The van der Waals surface area contributed by atoms with Gasteiger partial charge in [0.1, 0.15) is 0 Å². The van der Waals surface area contributed by atoms with Gasteiger partial charge in [-0.3, -0.25) is 0 Å². The first kappa shape index (κ1) is 35.7. The van der Waals surface area contributed by atoms with Crippen molar-refractivity contribution in [1.29, 1.82) is 0 Å². The van der Waals surface area contributed by atoms with Crippen molar-refractivity contribution in [2.75, 3.05) is 0 Å². The number of hydrogen-bond donors (Lipinski definition) is 0. The Morgan fingerprint density at radius 2 is 0.726 bits per heavy atom. The second-order valence-corrected chi connectivity index (χ2v) is 16.0. The molecule has 1 aliphatic heterocycles. The van der Waals surface area contributed by atoms with E-state index >= 15 is 0 Å². The predicted molar refractivity (Wildman–Crippen MR) is 253 cm³/mol. The summed E-state index contributed by atoms with van der Waals surface area (Å²) in [7, 11) is 0. The van der Waals surface area contributed by atoms with E-state index in [4.69, 9.17) is 15.0 Å². The van der Waals surface area contributed by atoms with E-state index in [1.165, 1.54) is 49.8 Å². The van der Waals surface area contributed by atoms with Crippen LogP contribution in [0.4, 0.5) is 0 Å². The van der Waals surface area contributed by atoms with E-state index in [1.54, 1.807) is 0 Å². The van der Waals surface area contributed by atoms with Crippen LogP contribution in [0.3, 0.4) is 0 Å².